The molecule has 1 aromatic carbocycles. The number of likely N-dealkylation sites (tertiary alicyclic amines) is 1. The fraction of sp³-hybridized carbons (Fsp3) is 0.321. The van der Waals surface area contributed by atoms with Crippen LogP contribution in [0.2, 0.25) is 0 Å². The molecule has 0 bridgehead atoms. The lowest BCUT2D eigenvalue weighted by atomic mass is 10.1. The molecule has 5 rings (SSSR count). The number of benzene rings is 1. The van der Waals surface area contributed by atoms with Gasteiger partial charge in [-0.15, -0.1) is 6.58 Å². The smallest absolute Gasteiger partial charge is 0.345 e. The van der Waals surface area contributed by atoms with Gasteiger partial charge in [-0.05, 0) is 44.0 Å². The monoisotopic (exact) mass is 575 g/mol. The van der Waals surface area contributed by atoms with Crippen molar-refractivity contribution < 1.29 is 24.9 Å². The maximum absolute atomic E-state index is 12.3. The highest BCUT2D eigenvalue weighted by molar-refractivity contribution is 5.83. The number of aliphatic hydroxyl groups is 3. The normalized spacial score (nSPS) is 14.5. The van der Waals surface area contributed by atoms with E-state index in [9.17, 15) is 20.1 Å². The Balaban J connectivity index is 1.42. The lowest BCUT2D eigenvalue weighted by Gasteiger charge is -2.36. The van der Waals surface area contributed by atoms with Crippen LogP contribution < -0.4 is 15.1 Å². The zero-order chi connectivity index (χ0) is 29.9. The average Bonchev–Trinajstić information content (AvgIpc) is 3.34. The van der Waals surface area contributed by atoms with Crippen LogP contribution in [0.15, 0.2) is 61.4 Å². The fourth-order valence-corrected chi connectivity index (χ4v) is 4.78. The standard InChI is InChI=1S/C28H33N9O5/c1-4-12-36(18-38)37(24-6-5-7-25(32-24)42-22-10-13-35(14-11-22)28(39,40)41)26-19(2)16-29-27(33-26)31-21-8-9-23-20(15-21)17-30-34(23)3/h4-9,15-18,22,39-41H,1,10-14H2,2-3H3,(H,29,31,33). The van der Waals surface area contributed by atoms with E-state index >= 15 is 0 Å². The van der Waals surface area contributed by atoms with E-state index < -0.39 is 6.10 Å². The highest BCUT2D eigenvalue weighted by Crippen LogP contribution is 2.30. The van der Waals surface area contributed by atoms with E-state index in [2.05, 4.69) is 27.0 Å². The van der Waals surface area contributed by atoms with Gasteiger partial charge < -0.3 is 25.4 Å². The molecule has 1 aliphatic heterocycles. The number of hydrogen-bond acceptors (Lipinski definition) is 12. The molecule has 0 spiro atoms. The van der Waals surface area contributed by atoms with Crippen molar-refractivity contribution in [2.75, 3.05) is 30.0 Å². The van der Waals surface area contributed by atoms with Gasteiger partial charge in [-0.25, -0.2) is 19.9 Å². The van der Waals surface area contributed by atoms with Crippen LogP contribution in [0.3, 0.4) is 0 Å². The summed E-state index contributed by atoms with van der Waals surface area (Å²) in [7, 11) is 1.88. The molecule has 42 heavy (non-hydrogen) atoms. The number of aromatic nitrogens is 5. The van der Waals surface area contributed by atoms with Crippen LogP contribution >= 0.6 is 0 Å². The Kier molecular flexibility index (Phi) is 8.31. The highest BCUT2D eigenvalue weighted by Gasteiger charge is 2.33. The maximum Gasteiger partial charge on any atom is 0.345 e. The molecule has 0 radical (unpaired) electrons. The topological polar surface area (TPSA) is 165 Å². The Morgan fingerprint density at radius 2 is 1.95 bits per heavy atom. The van der Waals surface area contributed by atoms with Crippen LogP contribution in [0.25, 0.3) is 10.9 Å². The minimum Gasteiger partial charge on any atom is -0.474 e. The number of carbonyl (C=O) groups excluding carboxylic acids is 1. The van der Waals surface area contributed by atoms with E-state index in [1.165, 1.54) is 5.01 Å². The summed E-state index contributed by atoms with van der Waals surface area (Å²) < 4.78 is 7.89. The number of rotatable bonds is 11. The summed E-state index contributed by atoms with van der Waals surface area (Å²) in [5.41, 5.74) is 2.46. The molecule has 4 heterocycles. The van der Waals surface area contributed by atoms with E-state index in [1.807, 2.05) is 32.2 Å². The molecular weight excluding hydrogens is 542 g/mol. The third-order valence-corrected chi connectivity index (χ3v) is 6.92. The molecule has 1 saturated heterocycles. The largest absolute Gasteiger partial charge is 0.474 e. The van der Waals surface area contributed by atoms with Crippen LogP contribution in [0.5, 0.6) is 5.88 Å². The fourth-order valence-electron chi connectivity index (χ4n) is 4.78. The lowest BCUT2D eigenvalue weighted by Crippen LogP contribution is -2.53. The van der Waals surface area contributed by atoms with E-state index in [-0.39, 0.29) is 25.7 Å². The van der Waals surface area contributed by atoms with Crippen LogP contribution in [0.4, 0.5) is 23.3 Å². The van der Waals surface area contributed by atoms with Gasteiger partial charge in [-0.2, -0.15) is 15.1 Å². The Hall–Kier alpha value is -4.63. The molecule has 4 N–H and O–H groups in total. The van der Waals surface area contributed by atoms with Crippen molar-refractivity contribution in [3.8, 4) is 5.88 Å². The van der Waals surface area contributed by atoms with Gasteiger partial charge in [-0.3, -0.25) is 9.48 Å². The quantitative estimate of drug-likeness (QED) is 0.0890. The van der Waals surface area contributed by atoms with Crippen molar-refractivity contribution in [1.29, 1.82) is 0 Å². The van der Waals surface area contributed by atoms with Gasteiger partial charge in [0.25, 0.3) is 0 Å². The van der Waals surface area contributed by atoms with Gasteiger partial charge in [0.2, 0.25) is 18.2 Å². The number of nitrogens with zero attached hydrogens (tertiary/aromatic N) is 8. The summed E-state index contributed by atoms with van der Waals surface area (Å²) in [5, 5.41) is 39.7. The first-order valence-electron chi connectivity index (χ1n) is 13.4. The first kappa shape index (κ1) is 28.9. The summed E-state index contributed by atoms with van der Waals surface area (Å²) in [6, 6.07) is 11.0. The molecule has 3 aromatic heterocycles. The predicted molar refractivity (Wildman–Crippen MR) is 155 cm³/mol. The van der Waals surface area contributed by atoms with Crippen molar-refractivity contribution in [1.82, 2.24) is 34.6 Å². The van der Waals surface area contributed by atoms with Crippen molar-refractivity contribution in [3.05, 3.63) is 67.0 Å². The van der Waals surface area contributed by atoms with Crippen molar-refractivity contribution >= 4 is 40.6 Å². The predicted octanol–water partition coefficient (Wildman–Crippen LogP) is 1.94. The van der Waals surface area contributed by atoms with Gasteiger partial charge in [0.05, 0.1) is 18.3 Å². The van der Waals surface area contributed by atoms with Gasteiger partial charge in [-0.1, -0.05) is 12.1 Å². The van der Waals surface area contributed by atoms with Crippen molar-refractivity contribution in [2.24, 2.45) is 7.05 Å². The van der Waals surface area contributed by atoms with Crippen LogP contribution in [0.1, 0.15) is 18.4 Å². The molecule has 0 atom stereocenters. The first-order chi connectivity index (χ1) is 20.2. The summed E-state index contributed by atoms with van der Waals surface area (Å²) in [4.78, 5) is 27.3. The van der Waals surface area contributed by atoms with Gasteiger partial charge in [0.15, 0.2) is 11.6 Å². The number of carbonyl (C=O) groups is 1. The second-order valence-electron chi connectivity index (χ2n) is 9.93. The number of nitrogens with one attached hydrogen (secondary N) is 1. The van der Waals surface area contributed by atoms with E-state index in [0.29, 0.717) is 48.3 Å². The zero-order valence-corrected chi connectivity index (χ0v) is 23.3. The molecule has 1 fully saturated rings. The number of aryl methyl sites for hydroxylation is 2. The molecule has 220 valence electrons. The third kappa shape index (κ3) is 6.31. The van der Waals surface area contributed by atoms with Crippen LogP contribution in [-0.4, -0.2) is 88.2 Å². The maximum atomic E-state index is 12.3. The molecule has 14 heteroatoms. The first-order valence-corrected chi connectivity index (χ1v) is 13.4. The molecule has 1 aliphatic rings. The van der Waals surface area contributed by atoms with E-state index in [0.717, 1.165) is 21.5 Å². The Morgan fingerprint density at radius 1 is 1.17 bits per heavy atom. The van der Waals surface area contributed by atoms with E-state index in [4.69, 9.17) is 9.72 Å². The lowest BCUT2D eigenvalue weighted by molar-refractivity contribution is -0.396. The number of anilines is 4. The van der Waals surface area contributed by atoms with Crippen molar-refractivity contribution in [3.63, 3.8) is 0 Å². The van der Waals surface area contributed by atoms with Gasteiger partial charge >= 0.3 is 6.10 Å². The molecule has 0 unspecified atom stereocenters. The SMILES string of the molecule is C=CCN(C=O)N(c1cccc(OC2CCN(C(O)(O)O)CC2)n1)c1nc(Nc2ccc3c(cnn3C)c2)ncc1C. The molecule has 0 aliphatic carbocycles. The van der Waals surface area contributed by atoms with Crippen molar-refractivity contribution in [2.45, 2.75) is 32.0 Å². The molecule has 1 amide bonds. The summed E-state index contributed by atoms with van der Waals surface area (Å²) in [6.45, 7) is 6.25. The molecule has 14 nitrogen and oxygen atoms in total. The van der Waals surface area contributed by atoms with Gasteiger partial charge in [0, 0.05) is 49.0 Å². The average molecular weight is 576 g/mol. The minimum absolute atomic E-state index is 0.184. The number of piperidine rings is 1. The summed E-state index contributed by atoms with van der Waals surface area (Å²) >= 11 is 0. The highest BCUT2D eigenvalue weighted by atomic mass is 16.7. The number of amides is 1. The Labute approximate surface area is 242 Å². The summed E-state index contributed by atoms with van der Waals surface area (Å²) in [6.07, 6.45) is 3.48. The van der Waals surface area contributed by atoms with Gasteiger partial charge in [0.1, 0.15) is 6.10 Å². The third-order valence-electron chi connectivity index (χ3n) is 6.92. The molecular formula is C28H33N9O5. The Morgan fingerprint density at radius 3 is 2.67 bits per heavy atom. The number of hydrogen-bond donors (Lipinski definition) is 4. The second-order valence-corrected chi connectivity index (χ2v) is 9.93. The number of hydrazine groups is 1. The zero-order valence-electron chi connectivity index (χ0n) is 23.3. The molecule has 4 aromatic rings. The number of ether oxygens (including phenoxy) is 1. The minimum atomic E-state index is -2.86. The van der Waals surface area contributed by atoms with E-state index in [1.54, 1.807) is 46.4 Å². The second kappa shape index (κ2) is 12.1. The number of fused-ring (bicyclic) bond motifs is 1. The van der Waals surface area contributed by atoms with Crippen LogP contribution in [-0.2, 0) is 11.8 Å². The summed E-state index contributed by atoms with van der Waals surface area (Å²) in [5.74, 6) is 1.44. The van der Waals surface area contributed by atoms with Crippen LogP contribution in [0, 0.1) is 6.92 Å². The Bertz CT molecular complexity index is 1560. The molecule has 0 saturated carbocycles. The number of pyridine rings is 1.